The molecule has 1 fully saturated rings. The van der Waals surface area contributed by atoms with Gasteiger partial charge in [-0.25, -0.2) is 8.42 Å². The van der Waals surface area contributed by atoms with Gasteiger partial charge in [0.05, 0.1) is 15.6 Å². The number of nitrogens with one attached hydrogen (secondary N) is 2. The summed E-state index contributed by atoms with van der Waals surface area (Å²) in [5.41, 5.74) is 4.70. The van der Waals surface area contributed by atoms with E-state index in [1.165, 1.54) is 52.8 Å². The molecule has 0 unspecified atom stereocenters. The summed E-state index contributed by atoms with van der Waals surface area (Å²) in [4.78, 5) is 35.0. The molecule has 1 saturated heterocycles. The van der Waals surface area contributed by atoms with Crippen molar-refractivity contribution in [3.63, 3.8) is 0 Å². The first-order valence-corrected chi connectivity index (χ1v) is 11.8. The van der Waals surface area contributed by atoms with Gasteiger partial charge >= 0.3 is 0 Å². The van der Waals surface area contributed by atoms with Gasteiger partial charge in [-0.1, -0.05) is 0 Å². The maximum atomic E-state index is 12.5. The summed E-state index contributed by atoms with van der Waals surface area (Å²) < 4.78 is 26.4. The van der Waals surface area contributed by atoms with E-state index in [0.717, 1.165) is 24.6 Å². The Morgan fingerprint density at radius 3 is 2.19 bits per heavy atom. The van der Waals surface area contributed by atoms with Gasteiger partial charge in [0, 0.05) is 35.7 Å². The topological polar surface area (TPSA) is 139 Å². The molecule has 0 bridgehead atoms. The lowest BCUT2D eigenvalue weighted by Gasteiger charge is -2.15. The number of nitro groups is 1. The summed E-state index contributed by atoms with van der Waals surface area (Å²) in [6.45, 7) is 0.989. The Kier molecular flexibility index (Phi) is 7.25. The Balaban J connectivity index is 1.48. The number of hydrogen-bond donors (Lipinski definition) is 2. The average molecular weight is 465 g/mol. The van der Waals surface area contributed by atoms with E-state index in [2.05, 4.69) is 10.9 Å². The van der Waals surface area contributed by atoms with Crippen LogP contribution in [0.1, 0.15) is 23.2 Å². The lowest BCUT2D eigenvalue weighted by molar-refractivity contribution is -0.384. The van der Waals surface area contributed by atoms with Crippen LogP contribution in [0.4, 0.5) is 5.69 Å². The third-order valence-corrected chi connectivity index (χ3v) is 7.48. The van der Waals surface area contributed by atoms with Crippen LogP contribution in [-0.4, -0.2) is 48.3 Å². The Bertz CT molecular complexity index is 1070. The molecule has 31 heavy (non-hydrogen) atoms. The molecule has 10 nitrogen and oxygen atoms in total. The summed E-state index contributed by atoms with van der Waals surface area (Å²) in [5, 5.41) is 10.6. The molecule has 12 heteroatoms. The number of hydrogen-bond acceptors (Lipinski definition) is 7. The van der Waals surface area contributed by atoms with Crippen molar-refractivity contribution < 1.29 is 22.9 Å². The van der Waals surface area contributed by atoms with Crippen LogP contribution in [0, 0.1) is 10.1 Å². The van der Waals surface area contributed by atoms with Crippen molar-refractivity contribution in [1.82, 2.24) is 15.2 Å². The van der Waals surface area contributed by atoms with Gasteiger partial charge in [0.2, 0.25) is 15.9 Å². The average Bonchev–Trinajstić information content (AvgIpc) is 3.32. The number of rotatable bonds is 7. The molecule has 0 aromatic heterocycles. The molecule has 1 aliphatic rings. The molecule has 0 spiro atoms. The fourth-order valence-electron chi connectivity index (χ4n) is 2.90. The molecule has 3 rings (SSSR count). The van der Waals surface area contributed by atoms with E-state index in [9.17, 15) is 28.1 Å². The molecule has 2 aromatic rings. The van der Waals surface area contributed by atoms with Gasteiger partial charge < -0.3 is 0 Å². The minimum absolute atomic E-state index is 0.00882. The minimum Gasteiger partial charge on any atom is -0.272 e. The number of nitrogens with zero attached hydrogens (tertiary/aromatic N) is 2. The van der Waals surface area contributed by atoms with E-state index in [1.807, 2.05) is 0 Å². The highest BCUT2D eigenvalue weighted by Gasteiger charge is 2.27. The maximum Gasteiger partial charge on any atom is 0.269 e. The summed E-state index contributed by atoms with van der Waals surface area (Å²) in [6.07, 6.45) is 1.67. The molecular weight excluding hydrogens is 444 g/mol. The van der Waals surface area contributed by atoms with Gasteiger partial charge in [0.1, 0.15) is 0 Å². The molecule has 0 saturated carbocycles. The molecule has 1 heterocycles. The number of non-ortho nitro benzene ring substituents is 1. The second-order valence-corrected chi connectivity index (χ2v) is 9.66. The third-order valence-electron chi connectivity index (χ3n) is 4.55. The van der Waals surface area contributed by atoms with Crippen molar-refractivity contribution in [2.24, 2.45) is 0 Å². The predicted molar refractivity (Wildman–Crippen MR) is 114 cm³/mol. The number of carbonyl (C=O) groups excluding carboxylic acids is 2. The van der Waals surface area contributed by atoms with Crippen LogP contribution in [-0.2, 0) is 14.8 Å². The van der Waals surface area contributed by atoms with E-state index in [0.29, 0.717) is 18.0 Å². The van der Waals surface area contributed by atoms with Crippen LogP contribution in [0.5, 0.6) is 0 Å². The normalized spacial score (nSPS) is 14.2. The van der Waals surface area contributed by atoms with Gasteiger partial charge in [-0.3, -0.25) is 30.6 Å². The number of amides is 2. The van der Waals surface area contributed by atoms with Gasteiger partial charge in [-0.2, -0.15) is 4.31 Å². The zero-order valence-corrected chi connectivity index (χ0v) is 17.9. The molecule has 0 atom stereocenters. The Labute approximate surface area is 183 Å². The molecule has 2 aromatic carbocycles. The molecule has 2 amide bonds. The summed E-state index contributed by atoms with van der Waals surface area (Å²) >= 11 is 1.16. The first kappa shape index (κ1) is 22.7. The molecule has 0 radical (unpaired) electrons. The van der Waals surface area contributed by atoms with Crippen LogP contribution in [0.25, 0.3) is 0 Å². The molecule has 2 N–H and O–H groups in total. The lowest BCUT2D eigenvalue weighted by Crippen LogP contribution is -2.42. The van der Waals surface area contributed by atoms with E-state index >= 15 is 0 Å². The van der Waals surface area contributed by atoms with Crippen molar-refractivity contribution in [2.45, 2.75) is 22.6 Å². The van der Waals surface area contributed by atoms with Crippen LogP contribution < -0.4 is 10.9 Å². The number of carbonyl (C=O) groups is 2. The molecular formula is C19H20N4O6S2. The van der Waals surface area contributed by atoms with Gasteiger partial charge in [0.15, 0.2) is 0 Å². The smallest absolute Gasteiger partial charge is 0.269 e. The molecule has 0 aliphatic carbocycles. The van der Waals surface area contributed by atoms with E-state index in [1.54, 1.807) is 0 Å². The number of sulfonamides is 1. The number of hydrazine groups is 1. The highest BCUT2D eigenvalue weighted by atomic mass is 32.2. The zero-order chi connectivity index (χ0) is 22.4. The monoisotopic (exact) mass is 464 g/mol. The van der Waals surface area contributed by atoms with E-state index in [-0.39, 0.29) is 21.9 Å². The Morgan fingerprint density at radius 2 is 1.61 bits per heavy atom. The summed E-state index contributed by atoms with van der Waals surface area (Å²) in [7, 11) is -3.56. The summed E-state index contributed by atoms with van der Waals surface area (Å²) in [5.74, 6) is -1.06. The molecule has 1 aliphatic heterocycles. The van der Waals surface area contributed by atoms with E-state index in [4.69, 9.17) is 0 Å². The van der Waals surface area contributed by atoms with Crippen molar-refractivity contribution in [3.05, 3.63) is 64.2 Å². The highest BCUT2D eigenvalue weighted by Crippen LogP contribution is 2.22. The lowest BCUT2D eigenvalue weighted by atomic mass is 10.2. The second-order valence-electron chi connectivity index (χ2n) is 6.68. The number of thioether (sulfide) groups is 1. The van der Waals surface area contributed by atoms with Gasteiger partial charge in [-0.15, -0.1) is 11.8 Å². The zero-order valence-electron chi connectivity index (χ0n) is 16.3. The second kappa shape index (κ2) is 9.90. The van der Waals surface area contributed by atoms with Crippen LogP contribution in [0.2, 0.25) is 0 Å². The van der Waals surface area contributed by atoms with Gasteiger partial charge in [-0.05, 0) is 49.2 Å². The number of nitro benzene ring substituents is 1. The fourth-order valence-corrected chi connectivity index (χ4v) is 5.12. The van der Waals surface area contributed by atoms with Crippen LogP contribution in [0.3, 0.4) is 0 Å². The van der Waals surface area contributed by atoms with Crippen LogP contribution >= 0.6 is 11.8 Å². The van der Waals surface area contributed by atoms with Gasteiger partial charge in [0.25, 0.3) is 11.6 Å². The highest BCUT2D eigenvalue weighted by molar-refractivity contribution is 8.00. The van der Waals surface area contributed by atoms with Crippen LogP contribution in [0.15, 0.2) is 58.3 Å². The minimum atomic E-state index is -3.56. The van der Waals surface area contributed by atoms with Crippen molar-refractivity contribution >= 4 is 39.3 Å². The standard InChI is InChI=1S/C19H20N4O6S2/c24-18(13-30-16-7-5-15(6-8-16)23(26)27)20-21-19(25)14-3-9-17(10-4-14)31(28,29)22-11-1-2-12-22/h3-10H,1-2,11-13H2,(H,20,24)(H,21,25). The molecule has 164 valence electrons. The summed E-state index contributed by atoms with van der Waals surface area (Å²) in [6, 6.07) is 11.3. The van der Waals surface area contributed by atoms with E-state index < -0.39 is 26.8 Å². The first-order chi connectivity index (χ1) is 14.8. The predicted octanol–water partition coefficient (Wildman–Crippen LogP) is 1.93. The Hall–Kier alpha value is -2.96. The quantitative estimate of drug-likeness (QED) is 0.363. The van der Waals surface area contributed by atoms with Crippen molar-refractivity contribution in [2.75, 3.05) is 18.8 Å². The third kappa shape index (κ3) is 5.81. The first-order valence-electron chi connectivity index (χ1n) is 9.34. The largest absolute Gasteiger partial charge is 0.272 e. The SMILES string of the molecule is O=C(CSc1ccc([N+](=O)[O-])cc1)NNC(=O)c1ccc(S(=O)(=O)N2CCCC2)cc1. The van der Waals surface area contributed by atoms with Crippen molar-refractivity contribution in [3.8, 4) is 0 Å². The van der Waals surface area contributed by atoms with Crippen molar-refractivity contribution in [1.29, 1.82) is 0 Å². The Morgan fingerprint density at radius 1 is 1.00 bits per heavy atom. The fraction of sp³-hybridized carbons (Fsp3) is 0.263. The number of benzene rings is 2. The maximum absolute atomic E-state index is 12.5.